The third-order valence-corrected chi connectivity index (χ3v) is 4.51. The summed E-state index contributed by atoms with van der Waals surface area (Å²) < 4.78 is 7.36. The van der Waals surface area contributed by atoms with Gasteiger partial charge in [-0.2, -0.15) is 0 Å². The van der Waals surface area contributed by atoms with E-state index in [1.54, 1.807) is 12.5 Å². The fraction of sp³-hybridized carbons (Fsp3) is 0.444. The number of carbonyl (C=O) groups is 1. The maximum absolute atomic E-state index is 12.7. The molecule has 1 aliphatic heterocycles. The number of carbonyl (C=O) groups excluding carboxylic acids is 1. The van der Waals surface area contributed by atoms with Gasteiger partial charge in [-0.25, -0.2) is 9.78 Å². The number of hydrogen-bond acceptors (Lipinski definition) is 3. The number of benzene rings is 1. The van der Waals surface area contributed by atoms with Gasteiger partial charge < -0.3 is 19.5 Å². The Hall–Kier alpha value is -2.34. The Labute approximate surface area is 142 Å². The standard InChI is InChI=1S/C18H24N4O2/c1-21(16-7-11-24-12-8-16)18(23)20-17(13-22-10-9-19-14-22)15-5-3-2-4-6-15/h2-6,9-10,14,16-17H,7-8,11-13H2,1H3,(H,20,23). The molecule has 2 amide bonds. The van der Waals surface area contributed by atoms with Crippen LogP contribution in [0, 0.1) is 0 Å². The number of hydrogen-bond donors (Lipinski definition) is 1. The van der Waals surface area contributed by atoms with Gasteiger partial charge in [0.15, 0.2) is 0 Å². The van der Waals surface area contributed by atoms with Crippen LogP contribution in [-0.2, 0) is 11.3 Å². The largest absolute Gasteiger partial charge is 0.381 e. The molecule has 1 saturated heterocycles. The fourth-order valence-corrected chi connectivity index (χ4v) is 3.01. The van der Waals surface area contributed by atoms with Crippen molar-refractivity contribution in [3.05, 3.63) is 54.6 Å². The third-order valence-electron chi connectivity index (χ3n) is 4.51. The smallest absolute Gasteiger partial charge is 0.317 e. The van der Waals surface area contributed by atoms with Gasteiger partial charge in [-0.15, -0.1) is 0 Å². The predicted molar refractivity (Wildman–Crippen MR) is 91.5 cm³/mol. The monoisotopic (exact) mass is 328 g/mol. The summed E-state index contributed by atoms with van der Waals surface area (Å²) in [7, 11) is 1.87. The highest BCUT2D eigenvalue weighted by Gasteiger charge is 2.24. The van der Waals surface area contributed by atoms with Gasteiger partial charge in [0.1, 0.15) is 0 Å². The molecule has 0 aliphatic carbocycles. The van der Waals surface area contributed by atoms with Crippen LogP contribution in [-0.4, -0.2) is 46.8 Å². The zero-order valence-electron chi connectivity index (χ0n) is 14.0. The van der Waals surface area contributed by atoms with E-state index in [1.807, 2.05) is 53.0 Å². The van der Waals surface area contributed by atoms with E-state index in [9.17, 15) is 4.79 Å². The van der Waals surface area contributed by atoms with Crippen LogP contribution in [0.2, 0.25) is 0 Å². The first-order valence-corrected chi connectivity index (χ1v) is 8.36. The molecule has 2 heterocycles. The highest BCUT2D eigenvalue weighted by atomic mass is 16.5. The molecule has 1 aromatic heterocycles. The van der Waals surface area contributed by atoms with E-state index in [2.05, 4.69) is 10.3 Å². The summed E-state index contributed by atoms with van der Waals surface area (Å²) in [6, 6.07) is 10.1. The number of ether oxygens (including phenoxy) is 1. The van der Waals surface area contributed by atoms with Crippen LogP contribution >= 0.6 is 0 Å². The SMILES string of the molecule is CN(C(=O)NC(Cn1ccnc1)c1ccccc1)C1CCOCC1. The molecule has 24 heavy (non-hydrogen) atoms. The second-order valence-corrected chi connectivity index (χ2v) is 6.13. The van der Waals surface area contributed by atoms with Gasteiger partial charge in [0.05, 0.1) is 12.4 Å². The van der Waals surface area contributed by atoms with Crippen LogP contribution in [0.4, 0.5) is 4.79 Å². The van der Waals surface area contributed by atoms with Crippen molar-refractivity contribution in [2.45, 2.75) is 31.5 Å². The Balaban J connectivity index is 1.69. The molecule has 6 heteroatoms. The maximum atomic E-state index is 12.7. The molecular weight excluding hydrogens is 304 g/mol. The first-order chi connectivity index (χ1) is 11.7. The fourth-order valence-electron chi connectivity index (χ4n) is 3.01. The minimum Gasteiger partial charge on any atom is -0.381 e. The molecule has 1 aliphatic rings. The van der Waals surface area contributed by atoms with Crippen LogP contribution in [0.1, 0.15) is 24.4 Å². The maximum Gasteiger partial charge on any atom is 0.317 e. The highest BCUT2D eigenvalue weighted by Crippen LogP contribution is 2.17. The van der Waals surface area contributed by atoms with Gasteiger partial charge >= 0.3 is 6.03 Å². The van der Waals surface area contributed by atoms with E-state index in [4.69, 9.17) is 4.74 Å². The molecule has 1 unspecified atom stereocenters. The molecule has 0 saturated carbocycles. The summed E-state index contributed by atoms with van der Waals surface area (Å²) in [5, 5.41) is 3.17. The zero-order valence-corrected chi connectivity index (χ0v) is 14.0. The first-order valence-electron chi connectivity index (χ1n) is 8.36. The molecule has 0 radical (unpaired) electrons. The summed E-state index contributed by atoms with van der Waals surface area (Å²) in [4.78, 5) is 18.6. The number of imidazole rings is 1. The lowest BCUT2D eigenvalue weighted by atomic mass is 10.1. The van der Waals surface area contributed by atoms with Crippen molar-refractivity contribution in [2.24, 2.45) is 0 Å². The second kappa shape index (κ2) is 7.97. The van der Waals surface area contributed by atoms with E-state index in [0.717, 1.165) is 31.6 Å². The van der Waals surface area contributed by atoms with Crippen molar-refractivity contribution in [3.63, 3.8) is 0 Å². The topological polar surface area (TPSA) is 59.4 Å². The Bertz CT molecular complexity index is 624. The molecule has 3 rings (SSSR count). The number of nitrogens with zero attached hydrogens (tertiary/aromatic N) is 3. The van der Waals surface area contributed by atoms with Gasteiger partial charge in [0.25, 0.3) is 0 Å². The minimum absolute atomic E-state index is 0.0455. The molecule has 1 aromatic carbocycles. The molecule has 1 fully saturated rings. The summed E-state index contributed by atoms with van der Waals surface area (Å²) in [6.45, 7) is 2.09. The Kier molecular flexibility index (Phi) is 5.48. The molecule has 128 valence electrons. The summed E-state index contributed by atoms with van der Waals surface area (Å²) in [6.07, 6.45) is 7.20. The van der Waals surface area contributed by atoms with Gasteiger partial charge in [0.2, 0.25) is 0 Å². The zero-order chi connectivity index (χ0) is 16.8. The van der Waals surface area contributed by atoms with Crippen molar-refractivity contribution >= 4 is 6.03 Å². The molecule has 6 nitrogen and oxygen atoms in total. The van der Waals surface area contributed by atoms with Gasteiger partial charge in [-0.3, -0.25) is 0 Å². The van der Waals surface area contributed by atoms with Gasteiger partial charge in [0, 0.05) is 45.2 Å². The molecule has 1 atom stereocenters. The Morgan fingerprint density at radius 2 is 2.12 bits per heavy atom. The number of rotatable bonds is 5. The number of nitrogens with one attached hydrogen (secondary N) is 1. The van der Waals surface area contributed by atoms with Gasteiger partial charge in [-0.05, 0) is 18.4 Å². The summed E-state index contributed by atoms with van der Waals surface area (Å²) in [5.41, 5.74) is 1.08. The van der Waals surface area contributed by atoms with Gasteiger partial charge in [-0.1, -0.05) is 30.3 Å². The lowest BCUT2D eigenvalue weighted by molar-refractivity contribution is 0.0521. The summed E-state index contributed by atoms with van der Waals surface area (Å²) >= 11 is 0. The third kappa shape index (κ3) is 4.14. The average Bonchev–Trinajstić information content (AvgIpc) is 3.15. The normalized spacial score (nSPS) is 16.5. The molecule has 1 N–H and O–H groups in total. The Morgan fingerprint density at radius 1 is 1.38 bits per heavy atom. The molecular formula is C18H24N4O2. The van der Waals surface area contributed by atoms with Crippen molar-refractivity contribution in [2.75, 3.05) is 20.3 Å². The van der Waals surface area contributed by atoms with E-state index in [1.165, 1.54) is 0 Å². The number of aromatic nitrogens is 2. The lowest BCUT2D eigenvalue weighted by Crippen LogP contribution is -2.47. The molecule has 0 bridgehead atoms. The van der Waals surface area contributed by atoms with E-state index in [-0.39, 0.29) is 18.1 Å². The highest BCUT2D eigenvalue weighted by molar-refractivity contribution is 5.74. The summed E-state index contributed by atoms with van der Waals surface area (Å²) in [5.74, 6) is 0. The van der Waals surface area contributed by atoms with Crippen LogP contribution in [0.25, 0.3) is 0 Å². The molecule has 2 aromatic rings. The number of urea groups is 1. The lowest BCUT2D eigenvalue weighted by Gasteiger charge is -2.32. The predicted octanol–water partition coefficient (Wildman–Crippen LogP) is 2.44. The van der Waals surface area contributed by atoms with E-state index in [0.29, 0.717) is 6.54 Å². The second-order valence-electron chi connectivity index (χ2n) is 6.13. The quantitative estimate of drug-likeness (QED) is 0.917. The Morgan fingerprint density at radius 3 is 2.79 bits per heavy atom. The average molecular weight is 328 g/mol. The first kappa shape index (κ1) is 16.5. The van der Waals surface area contributed by atoms with Crippen LogP contribution in [0.3, 0.4) is 0 Å². The van der Waals surface area contributed by atoms with Crippen molar-refractivity contribution in [1.82, 2.24) is 19.8 Å². The van der Waals surface area contributed by atoms with Crippen LogP contribution < -0.4 is 5.32 Å². The van der Waals surface area contributed by atoms with Crippen molar-refractivity contribution < 1.29 is 9.53 Å². The van der Waals surface area contributed by atoms with Crippen molar-refractivity contribution in [3.8, 4) is 0 Å². The van der Waals surface area contributed by atoms with E-state index >= 15 is 0 Å². The molecule has 0 spiro atoms. The van der Waals surface area contributed by atoms with E-state index < -0.39 is 0 Å². The minimum atomic E-state index is -0.102. The number of amides is 2. The van der Waals surface area contributed by atoms with Crippen LogP contribution in [0.15, 0.2) is 49.1 Å². The van der Waals surface area contributed by atoms with Crippen molar-refractivity contribution in [1.29, 1.82) is 0 Å². The van der Waals surface area contributed by atoms with Crippen LogP contribution in [0.5, 0.6) is 0 Å².